The van der Waals surface area contributed by atoms with Crippen molar-refractivity contribution in [3.63, 3.8) is 0 Å². The molecule has 0 radical (unpaired) electrons. The first-order valence-corrected chi connectivity index (χ1v) is 13.2. The Morgan fingerprint density at radius 2 is 1.73 bits per heavy atom. The Balaban J connectivity index is 1.48. The van der Waals surface area contributed by atoms with Crippen molar-refractivity contribution in [3.8, 4) is 11.5 Å². The van der Waals surface area contributed by atoms with Crippen LogP contribution in [-0.4, -0.2) is 57.1 Å². The summed E-state index contributed by atoms with van der Waals surface area (Å²) in [6.07, 6.45) is 0.786. The largest absolute Gasteiger partial charge is 0.454 e. The first-order valence-electron chi connectivity index (χ1n) is 13.2. The summed E-state index contributed by atoms with van der Waals surface area (Å²) in [6, 6.07) is 25.6. The minimum absolute atomic E-state index is 0.157. The minimum Gasteiger partial charge on any atom is -0.454 e. The van der Waals surface area contributed by atoms with Crippen molar-refractivity contribution in [2.24, 2.45) is 0 Å². The Morgan fingerprint density at radius 1 is 1.00 bits per heavy atom. The number of rotatable bonds is 11. The number of hydrogen-bond acceptors (Lipinski definition) is 8. The van der Waals surface area contributed by atoms with Gasteiger partial charge in [-0.2, -0.15) is 0 Å². The summed E-state index contributed by atoms with van der Waals surface area (Å²) in [5.41, 5.74) is 3.34. The minimum atomic E-state index is -0.533. The van der Waals surface area contributed by atoms with Crippen molar-refractivity contribution in [2.45, 2.75) is 25.6 Å². The molecule has 10 heteroatoms. The highest BCUT2D eigenvalue weighted by Gasteiger charge is 2.31. The van der Waals surface area contributed by atoms with Crippen molar-refractivity contribution in [1.82, 2.24) is 30.1 Å². The lowest BCUT2D eigenvalue weighted by Crippen LogP contribution is -2.36. The molecule has 6 rings (SSSR count). The first-order chi connectivity index (χ1) is 19.7. The third-order valence-corrected chi connectivity index (χ3v) is 7.10. The first kappa shape index (κ1) is 25.7. The number of nitrogens with one attached hydrogen (secondary N) is 1. The van der Waals surface area contributed by atoms with Gasteiger partial charge in [-0.3, -0.25) is 9.69 Å². The van der Waals surface area contributed by atoms with E-state index in [1.165, 1.54) is 5.56 Å². The van der Waals surface area contributed by atoms with E-state index in [0.29, 0.717) is 54.6 Å². The second-order valence-corrected chi connectivity index (χ2v) is 9.69. The zero-order valence-corrected chi connectivity index (χ0v) is 22.2. The summed E-state index contributed by atoms with van der Waals surface area (Å²) in [5, 5.41) is 13.5. The van der Waals surface area contributed by atoms with Crippen molar-refractivity contribution >= 4 is 10.9 Å². The van der Waals surface area contributed by atoms with Crippen LogP contribution in [0.3, 0.4) is 0 Å². The standard InChI is InChI=1S/C30H30N6O4/c1-38-15-14-36-29(32-33-34-36)28(24-16-23-17-26-27(40-20-39-26)18-25(23)31-30(24)37)35(19-22-10-6-3-7-11-22)13-12-21-8-4-2-5-9-21/h2-11,16-18,28H,12-15,19-20H2,1H3,(H,31,37)/t28-/m1/s1. The molecular weight excluding hydrogens is 508 g/mol. The topological polar surface area (TPSA) is 107 Å². The van der Waals surface area contributed by atoms with Gasteiger partial charge in [-0.1, -0.05) is 60.7 Å². The molecule has 0 bridgehead atoms. The molecule has 3 heterocycles. The van der Waals surface area contributed by atoms with Gasteiger partial charge in [-0.05, 0) is 40.1 Å². The zero-order valence-electron chi connectivity index (χ0n) is 22.2. The molecule has 1 N–H and O–H groups in total. The average Bonchev–Trinajstić information content (AvgIpc) is 3.64. The Bertz CT molecular complexity index is 1640. The zero-order chi connectivity index (χ0) is 27.3. The number of aromatic amines is 1. The summed E-state index contributed by atoms with van der Waals surface area (Å²) in [6.45, 7) is 2.31. The molecule has 0 amide bonds. The molecule has 1 aliphatic rings. The van der Waals surface area contributed by atoms with E-state index in [4.69, 9.17) is 14.2 Å². The van der Waals surface area contributed by atoms with Crippen LogP contribution in [0.1, 0.15) is 28.6 Å². The lowest BCUT2D eigenvalue weighted by atomic mass is 10.0. The molecule has 0 unspecified atom stereocenters. The molecule has 0 fully saturated rings. The normalized spacial score (nSPS) is 13.2. The Morgan fingerprint density at radius 3 is 2.48 bits per heavy atom. The Hall–Kier alpha value is -4.54. The lowest BCUT2D eigenvalue weighted by Gasteiger charge is -2.31. The maximum atomic E-state index is 13.8. The average molecular weight is 539 g/mol. The molecule has 1 atom stereocenters. The molecule has 40 heavy (non-hydrogen) atoms. The van der Waals surface area contributed by atoms with Crippen LogP contribution in [0, 0.1) is 0 Å². The maximum absolute atomic E-state index is 13.8. The van der Waals surface area contributed by atoms with Gasteiger partial charge in [0, 0.05) is 37.2 Å². The molecule has 3 aromatic carbocycles. The van der Waals surface area contributed by atoms with Gasteiger partial charge >= 0.3 is 0 Å². The molecule has 204 valence electrons. The quantitative estimate of drug-likeness (QED) is 0.271. The van der Waals surface area contributed by atoms with Gasteiger partial charge in [0.15, 0.2) is 17.3 Å². The van der Waals surface area contributed by atoms with E-state index < -0.39 is 6.04 Å². The van der Waals surface area contributed by atoms with Gasteiger partial charge < -0.3 is 19.2 Å². The van der Waals surface area contributed by atoms with Crippen LogP contribution in [0.4, 0.5) is 0 Å². The summed E-state index contributed by atoms with van der Waals surface area (Å²) in [7, 11) is 1.64. The predicted molar refractivity (Wildman–Crippen MR) is 149 cm³/mol. The van der Waals surface area contributed by atoms with Crippen LogP contribution in [0.2, 0.25) is 0 Å². The van der Waals surface area contributed by atoms with Gasteiger partial charge in [0.25, 0.3) is 5.56 Å². The number of fused-ring (bicyclic) bond motifs is 2. The van der Waals surface area contributed by atoms with E-state index in [1.54, 1.807) is 17.9 Å². The van der Waals surface area contributed by atoms with Crippen molar-refractivity contribution < 1.29 is 14.2 Å². The van der Waals surface area contributed by atoms with Crippen molar-refractivity contribution in [1.29, 1.82) is 0 Å². The molecule has 0 saturated heterocycles. The van der Waals surface area contributed by atoms with E-state index in [0.717, 1.165) is 17.4 Å². The van der Waals surface area contributed by atoms with Crippen molar-refractivity contribution in [3.05, 3.63) is 112 Å². The van der Waals surface area contributed by atoms with Crippen LogP contribution in [0.5, 0.6) is 11.5 Å². The number of ether oxygens (including phenoxy) is 3. The number of hydrogen-bond donors (Lipinski definition) is 1. The summed E-state index contributed by atoms with van der Waals surface area (Å²) >= 11 is 0. The fraction of sp³-hybridized carbons (Fsp3) is 0.267. The third kappa shape index (κ3) is 5.45. The second kappa shape index (κ2) is 11.7. The van der Waals surface area contributed by atoms with Gasteiger partial charge in [0.05, 0.1) is 18.7 Å². The molecule has 5 aromatic rings. The van der Waals surface area contributed by atoms with E-state index in [-0.39, 0.29) is 12.4 Å². The van der Waals surface area contributed by atoms with E-state index in [2.05, 4.69) is 49.7 Å². The number of tetrazole rings is 1. The number of nitrogens with zero attached hydrogens (tertiary/aromatic N) is 5. The van der Waals surface area contributed by atoms with Crippen LogP contribution in [-0.2, 0) is 24.2 Å². The maximum Gasteiger partial charge on any atom is 0.253 e. The third-order valence-electron chi connectivity index (χ3n) is 7.10. The van der Waals surface area contributed by atoms with Crippen molar-refractivity contribution in [2.75, 3.05) is 27.1 Å². The molecule has 2 aromatic heterocycles. The summed E-state index contributed by atoms with van der Waals surface area (Å²) in [5.74, 6) is 1.84. The SMILES string of the molecule is COCCn1nnnc1[C@@H](c1cc2cc3c(cc2[nH]c1=O)OCO3)N(CCc1ccccc1)Cc1ccccc1. The van der Waals surface area contributed by atoms with Gasteiger partial charge in [-0.25, -0.2) is 4.68 Å². The monoisotopic (exact) mass is 538 g/mol. The molecule has 0 spiro atoms. The van der Waals surface area contributed by atoms with E-state index >= 15 is 0 Å². The highest BCUT2D eigenvalue weighted by molar-refractivity contribution is 5.83. The molecule has 10 nitrogen and oxygen atoms in total. The summed E-state index contributed by atoms with van der Waals surface area (Å²) < 4.78 is 18.2. The fourth-order valence-electron chi connectivity index (χ4n) is 5.09. The summed E-state index contributed by atoms with van der Waals surface area (Å²) in [4.78, 5) is 19.1. The Kier molecular flexibility index (Phi) is 7.51. The highest BCUT2D eigenvalue weighted by atomic mass is 16.7. The molecule has 1 aliphatic heterocycles. The number of pyridine rings is 1. The van der Waals surface area contributed by atoms with Crippen LogP contribution < -0.4 is 15.0 Å². The molecule has 0 saturated carbocycles. The Labute approximate surface area is 231 Å². The van der Waals surface area contributed by atoms with Crippen LogP contribution in [0.25, 0.3) is 10.9 Å². The number of H-pyrrole nitrogens is 1. The predicted octanol–water partition coefficient (Wildman–Crippen LogP) is 3.72. The second-order valence-electron chi connectivity index (χ2n) is 9.69. The van der Waals surface area contributed by atoms with E-state index in [1.807, 2.05) is 48.5 Å². The van der Waals surface area contributed by atoms with Crippen LogP contribution in [0.15, 0.2) is 83.7 Å². The number of methoxy groups -OCH3 is 1. The lowest BCUT2D eigenvalue weighted by molar-refractivity contribution is 0.172. The van der Waals surface area contributed by atoms with E-state index in [9.17, 15) is 4.79 Å². The van der Waals surface area contributed by atoms with Gasteiger partial charge in [0.1, 0.15) is 6.04 Å². The number of aromatic nitrogens is 5. The smallest absolute Gasteiger partial charge is 0.253 e. The van der Waals surface area contributed by atoms with Gasteiger partial charge in [0.2, 0.25) is 6.79 Å². The molecular formula is C30H30N6O4. The highest BCUT2D eigenvalue weighted by Crippen LogP contribution is 2.36. The molecule has 0 aliphatic carbocycles. The van der Waals surface area contributed by atoms with Gasteiger partial charge in [-0.15, -0.1) is 5.10 Å². The van der Waals surface area contributed by atoms with Crippen LogP contribution >= 0.6 is 0 Å². The number of benzene rings is 3. The fourth-order valence-corrected chi connectivity index (χ4v) is 5.09.